The Kier molecular flexibility index (Phi) is 2.55. The summed E-state index contributed by atoms with van der Waals surface area (Å²) in [5, 5.41) is 0. The van der Waals surface area contributed by atoms with E-state index in [1.54, 1.807) is 6.20 Å². The molecule has 0 aromatic heterocycles. The summed E-state index contributed by atoms with van der Waals surface area (Å²) in [5.74, 6) is 0.593. The Morgan fingerprint density at radius 3 is 2.00 bits per heavy atom. The van der Waals surface area contributed by atoms with Gasteiger partial charge in [-0.1, -0.05) is 19.9 Å². The van der Waals surface area contributed by atoms with Crippen molar-refractivity contribution in [3.8, 4) is 0 Å². The first-order valence-electron chi connectivity index (χ1n) is 2.15. The lowest BCUT2D eigenvalue weighted by Gasteiger charge is -1.86. The van der Waals surface area contributed by atoms with E-state index in [2.05, 4.69) is 13.8 Å². The largest absolute Gasteiger partial charge is 0.405 e. The van der Waals surface area contributed by atoms with Gasteiger partial charge in [0.05, 0.1) is 0 Å². The predicted molar refractivity (Wildman–Crippen MR) is 28.2 cm³/mol. The summed E-state index contributed by atoms with van der Waals surface area (Å²) in [5.41, 5.74) is 5.05. The third-order valence-electron chi connectivity index (χ3n) is 0.496. The molecular weight excluding hydrogens is 74.1 g/mol. The van der Waals surface area contributed by atoms with E-state index in [1.165, 1.54) is 0 Å². The second kappa shape index (κ2) is 2.76. The van der Waals surface area contributed by atoms with Crippen molar-refractivity contribution < 1.29 is 0 Å². The number of nitrogens with two attached hydrogens (primary N) is 1. The van der Waals surface area contributed by atoms with Gasteiger partial charge in [0.25, 0.3) is 0 Å². The van der Waals surface area contributed by atoms with E-state index < -0.39 is 0 Å². The zero-order chi connectivity index (χ0) is 4.99. The molecule has 0 unspecified atom stereocenters. The molecule has 1 nitrogen and oxygen atoms in total. The molecule has 0 heterocycles. The Bertz CT molecular complexity index is 45.9. The third kappa shape index (κ3) is 3.54. The first kappa shape index (κ1) is 5.54. The molecule has 0 fully saturated rings. The van der Waals surface area contributed by atoms with Gasteiger partial charge in [0.2, 0.25) is 0 Å². The highest BCUT2D eigenvalue weighted by atomic mass is 14.5. The van der Waals surface area contributed by atoms with Crippen LogP contribution in [0.5, 0.6) is 0 Å². The molecule has 0 amide bonds. The van der Waals surface area contributed by atoms with E-state index in [4.69, 9.17) is 5.73 Å². The summed E-state index contributed by atoms with van der Waals surface area (Å²) < 4.78 is 0. The fourth-order valence-electron chi connectivity index (χ4n) is 0.222. The zero-order valence-corrected chi connectivity index (χ0v) is 4.31. The third-order valence-corrected chi connectivity index (χ3v) is 0.496. The Morgan fingerprint density at radius 2 is 2.00 bits per heavy atom. The fourth-order valence-corrected chi connectivity index (χ4v) is 0.222. The van der Waals surface area contributed by atoms with Crippen molar-refractivity contribution >= 4 is 0 Å². The van der Waals surface area contributed by atoms with Gasteiger partial charge in [-0.2, -0.15) is 0 Å². The van der Waals surface area contributed by atoms with E-state index in [0.29, 0.717) is 5.92 Å². The standard InChI is InChI=1S/C5H11N/c1-5(2)3-4-6/h3-5H,6H2,1-2H3. The molecule has 0 aliphatic carbocycles. The monoisotopic (exact) mass is 85.1 g/mol. The quantitative estimate of drug-likeness (QED) is 0.507. The van der Waals surface area contributed by atoms with Gasteiger partial charge in [-0.25, -0.2) is 0 Å². The van der Waals surface area contributed by atoms with Crippen LogP contribution >= 0.6 is 0 Å². The van der Waals surface area contributed by atoms with Crippen molar-refractivity contribution in [1.29, 1.82) is 0 Å². The van der Waals surface area contributed by atoms with Crippen LogP contribution in [0.25, 0.3) is 0 Å². The molecule has 6 heavy (non-hydrogen) atoms. The average molecular weight is 85.2 g/mol. The maximum absolute atomic E-state index is 5.05. The molecule has 36 valence electrons. The number of hydrogen-bond acceptors (Lipinski definition) is 1. The Morgan fingerprint density at radius 1 is 1.50 bits per heavy atom. The molecule has 0 aromatic carbocycles. The van der Waals surface area contributed by atoms with Crippen molar-refractivity contribution in [3.05, 3.63) is 12.3 Å². The van der Waals surface area contributed by atoms with Crippen LogP contribution in [0.2, 0.25) is 0 Å². The molecule has 0 aromatic rings. The highest BCUT2D eigenvalue weighted by Gasteiger charge is 1.76. The molecular formula is C5H11N. The summed E-state index contributed by atoms with van der Waals surface area (Å²) in [7, 11) is 0. The van der Waals surface area contributed by atoms with Crippen LogP contribution < -0.4 is 5.73 Å². The second-order valence-electron chi connectivity index (χ2n) is 1.63. The van der Waals surface area contributed by atoms with Crippen molar-refractivity contribution in [2.75, 3.05) is 0 Å². The van der Waals surface area contributed by atoms with E-state index >= 15 is 0 Å². The van der Waals surface area contributed by atoms with E-state index in [9.17, 15) is 0 Å². The lowest BCUT2D eigenvalue weighted by Crippen LogP contribution is -1.81. The van der Waals surface area contributed by atoms with Crippen LogP contribution in [0.1, 0.15) is 13.8 Å². The lowest BCUT2D eigenvalue weighted by molar-refractivity contribution is 0.829. The van der Waals surface area contributed by atoms with Crippen molar-refractivity contribution in [1.82, 2.24) is 0 Å². The molecule has 0 rings (SSSR count). The highest BCUT2D eigenvalue weighted by Crippen LogP contribution is 1.88. The van der Waals surface area contributed by atoms with Crippen LogP contribution in [0, 0.1) is 5.92 Å². The van der Waals surface area contributed by atoms with Crippen LogP contribution in [-0.2, 0) is 0 Å². The summed E-state index contributed by atoms with van der Waals surface area (Å²) in [6.07, 6.45) is 3.52. The molecule has 0 saturated carbocycles. The maximum Gasteiger partial charge on any atom is -0.0100 e. The minimum atomic E-state index is 0.593. The average Bonchev–Trinajstić information content (AvgIpc) is 1.35. The lowest BCUT2D eigenvalue weighted by atomic mass is 10.2. The topological polar surface area (TPSA) is 26.0 Å². The number of rotatable bonds is 1. The Balaban J connectivity index is 3.03. The van der Waals surface area contributed by atoms with E-state index in [-0.39, 0.29) is 0 Å². The van der Waals surface area contributed by atoms with Crippen LogP contribution in [-0.4, -0.2) is 0 Å². The van der Waals surface area contributed by atoms with Gasteiger partial charge in [0.15, 0.2) is 0 Å². The normalized spacial score (nSPS) is 11.2. The van der Waals surface area contributed by atoms with Gasteiger partial charge in [-0.3, -0.25) is 0 Å². The minimum absolute atomic E-state index is 0.593. The second-order valence-corrected chi connectivity index (χ2v) is 1.63. The van der Waals surface area contributed by atoms with Gasteiger partial charge in [0, 0.05) is 0 Å². The van der Waals surface area contributed by atoms with Crippen molar-refractivity contribution in [2.24, 2.45) is 11.7 Å². The van der Waals surface area contributed by atoms with Gasteiger partial charge in [0.1, 0.15) is 0 Å². The number of hydrogen-bond donors (Lipinski definition) is 1. The summed E-state index contributed by atoms with van der Waals surface area (Å²) in [4.78, 5) is 0. The van der Waals surface area contributed by atoms with Gasteiger partial charge < -0.3 is 5.73 Å². The minimum Gasteiger partial charge on any atom is -0.405 e. The SMILES string of the molecule is CC(C)C=CN. The van der Waals surface area contributed by atoms with Gasteiger partial charge >= 0.3 is 0 Å². The summed E-state index contributed by atoms with van der Waals surface area (Å²) >= 11 is 0. The highest BCUT2D eigenvalue weighted by molar-refractivity contribution is 4.78. The molecule has 1 heteroatoms. The van der Waals surface area contributed by atoms with Crippen LogP contribution in [0.15, 0.2) is 12.3 Å². The van der Waals surface area contributed by atoms with Crippen LogP contribution in [0.4, 0.5) is 0 Å². The Labute approximate surface area is 38.8 Å². The fraction of sp³-hybridized carbons (Fsp3) is 0.600. The van der Waals surface area contributed by atoms with Gasteiger partial charge in [-0.05, 0) is 12.1 Å². The molecule has 0 spiro atoms. The molecule has 0 atom stereocenters. The molecule has 2 N–H and O–H groups in total. The number of allylic oxidation sites excluding steroid dienone is 1. The molecule has 0 aliphatic rings. The van der Waals surface area contributed by atoms with Gasteiger partial charge in [-0.15, -0.1) is 0 Å². The predicted octanol–water partition coefficient (Wildman–Crippen LogP) is 1.11. The summed E-state index contributed by atoms with van der Waals surface area (Å²) in [6, 6.07) is 0. The summed E-state index contributed by atoms with van der Waals surface area (Å²) in [6.45, 7) is 4.17. The first-order valence-corrected chi connectivity index (χ1v) is 2.15. The Hall–Kier alpha value is -0.460. The molecule has 0 bridgehead atoms. The van der Waals surface area contributed by atoms with Crippen LogP contribution in [0.3, 0.4) is 0 Å². The maximum atomic E-state index is 5.05. The first-order chi connectivity index (χ1) is 2.77. The van der Waals surface area contributed by atoms with E-state index in [0.717, 1.165) is 0 Å². The molecule has 0 aliphatic heterocycles. The zero-order valence-electron chi connectivity index (χ0n) is 4.31. The smallest absolute Gasteiger partial charge is 0.0100 e. The van der Waals surface area contributed by atoms with Crippen molar-refractivity contribution in [2.45, 2.75) is 13.8 Å². The molecule has 0 saturated heterocycles. The van der Waals surface area contributed by atoms with Crippen molar-refractivity contribution in [3.63, 3.8) is 0 Å². The van der Waals surface area contributed by atoms with E-state index in [1.807, 2.05) is 6.08 Å². The molecule has 0 radical (unpaired) electrons.